The van der Waals surface area contributed by atoms with Crippen LogP contribution in [0.15, 0.2) is 24.3 Å². The van der Waals surface area contributed by atoms with Gasteiger partial charge in [-0.1, -0.05) is 19.1 Å². The lowest BCUT2D eigenvalue weighted by molar-refractivity contribution is -0.175. The molecule has 35 heavy (non-hydrogen) atoms. The molecule has 3 rings (SSSR count). The number of carbonyl (C=O) groups is 2. The second kappa shape index (κ2) is 12.9. The highest BCUT2D eigenvalue weighted by Crippen LogP contribution is 2.43. The first kappa shape index (κ1) is 27.7. The number of aliphatic hydroxyl groups is 2. The maximum atomic E-state index is 12.8. The first-order valence-corrected chi connectivity index (χ1v) is 12.9. The Balaban J connectivity index is 1.82. The number of aliphatic hydroxyl groups excluding tert-OH is 2. The van der Waals surface area contributed by atoms with Crippen molar-refractivity contribution >= 4 is 23.7 Å². The van der Waals surface area contributed by atoms with Crippen LogP contribution in [-0.4, -0.2) is 95.7 Å². The Kier molecular flexibility index (Phi) is 10.2. The summed E-state index contributed by atoms with van der Waals surface area (Å²) in [5.41, 5.74) is 0.916. The van der Waals surface area contributed by atoms with Crippen molar-refractivity contribution < 1.29 is 43.5 Å². The molecule has 0 amide bonds. The van der Waals surface area contributed by atoms with E-state index >= 15 is 0 Å². The fourth-order valence-corrected chi connectivity index (χ4v) is 5.63. The highest BCUT2D eigenvalue weighted by atomic mass is 32.2. The van der Waals surface area contributed by atoms with Gasteiger partial charge in [-0.05, 0) is 37.3 Å². The maximum absolute atomic E-state index is 12.8. The summed E-state index contributed by atoms with van der Waals surface area (Å²) in [6.45, 7) is 5.74. The number of methoxy groups -OCH3 is 1. The lowest BCUT2D eigenvalue weighted by Gasteiger charge is -2.31. The van der Waals surface area contributed by atoms with E-state index in [0.717, 1.165) is 11.3 Å². The molecule has 196 valence electrons. The van der Waals surface area contributed by atoms with E-state index in [0.29, 0.717) is 5.75 Å². The average Bonchev–Trinajstić information content (AvgIpc) is 3.32. The SMILES string of the molecule is CCOC(=O)C(C(=O)OCC)[C@@H]1O[C@H](COCc2ccc(OC)cc2)[C@H]2[C@H](O)[C@@H](O)[C@H](SCC)N21. The molecule has 2 aliphatic heterocycles. The third kappa shape index (κ3) is 6.10. The van der Waals surface area contributed by atoms with Gasteiger partial charge in [-0.25, -0.2) is 0 Å². The van der Waals surface area contributed by atoms with Crippen LogP contribution in [0.2, 0.25) is 0 Å². The topological polar surface area (TPSA) is 124 Å². The first-order chi connectivity index (χ1) is 16.9. The summed E-state index contributed by atoms with van der Waals surface area (Å²) >= 11 is 1.40. The Morgan fingerprint density at radius 2 is 1.69 bits per heavy atom. The van der Waals surface area contributed by atoms with E-state index in [1.54, 1.807) is 25.9 Å². The van der Waals surface area contributed by atoms with Crippen LogP contribution in [0, 0.1) is 5.92 Å². The van der Waals surface area contributed by atoms with E-state index in [1.807, 2.05) is 31.2 Å². The molecule has 2 fully saturated rings. The number of ether oxygens (including phenoxy) is 5. The lowest BCUT2D eigenvalue weighted by atomic mass is 10.1. The van der Waals surface area contributed by atoms with Crippen LogP contribution in [0.3, 0.4) is 0 Å². The number of hydrogen-bond acceptors (Lipinski definition) is 11. The van der Waals surface area contributed by atoms with Gasteiger partial charge < -0.3 is 33.9 Å². The molecule has 0 bridgehead atoms. The minimum atomic E-state index is -1.39. The molecule has 1 aromatic carbocycles. The van der Waals surface area contributed by atoms with Crippen LogP contribution in [0.1, 0.15) is 26.3 Å². The van der Waals surface area contributed by atoms with Crippen LogP contribution >= 0.6 is 11.8 Å². The number of esters is 2. The molecule has 6 atom stereocenters. The molecule has 0 unspecified atom stereocenters. The summed E-state index contributed by atoms with van der Waals surface area (Å²) in [5.74, 6) is -1.55. The molecule has 2 aliphatic rings. The van der Waals surface area contributed by atoms with Crippen molar-refractivity contribution in [2.75, 3.05) is 32.7 Å². The predicted molar refractivity (Wildman–Crippen MR) is 128 cm³/mol. The summed E-state index contributed by atoms with van der Waals surface area (Å²) in [5, 5.41) is 21.1. The minimum absolute atomic E-state index is 0.0787. The Labute approximate surface area is 209 Å². The highest BCUT2D eigenvalue weighted by molar-refractivity contribution is 7.99. The fraction of sp³-hybridized carbons (Fsp3) is 0.667. The normalized spacial score (nSPS) is 28.2. The van der Waals surface area contributed by atoms with E-state index in [1.165, 1.54) is 11.8 Å². The van der Waals surface area contributed by atoms with E-state index in [-0.39, 0.29) is 26.4 Å². The van der Waals surface area contributed by atoms with Crippen molar-refractivity contribution in [3.8, 4) is 5.75 Å². The zero-order chi connectivity index (χ0) is 25.5. The summed E-state index contributed by atoms with van der Waals surface area (Å²) in [4.78, 5) is 27.3. The van der Waals surface area contributed by atoms with Gasteiger partial charge in [0.2, 0.25) is 0 Å². The second-order valence-corrected chi connectivity index (χ2v) is 9.57. The van der Waals surface area contributed by atoms with Crippen molar-refractivity contribution in [1.29, 1.82) is 0 Å². The largest absolute Gasteiger partial charge is 0.497 e. The average molecular weight is 514 g/mol. The highest BCUT2D eigenvalue weighted by Gasteiger charge is 2.62. The van der Waals surface area contributed by atoms with Crippen molar-refractivity contribution in [2.45, 2.75) is 63.3 Å². The maximum Gasteiger partial charge on any atom is 0.324 e. The quantitative estimate of drug-likeness (QED) is 0.309. The molecule has 2 N–H and O–H groups in total. The molecular weight excluding hydrogens is 478 g/mol. The van der Waals surface area contributed by atoms with Crippen LogP contribution in [0.25, 0.3) is 0 Å². The molecule has 1 aromatic rings. The Hall–Kier alpha value is -1.89. The van der Waals surface area contributed by atoms with Gasteiger partial charge in [0, 0.05) is 0 Å². The Morgan fingerprint density at radius 1 is 1.06 bits per heavy atom. The standard InChI is InChI=1S/C24H35NO9S/c1-5-32-23(28)17(24(29)33-6-2)21-25-18(19(26)20(27)22(25)35-7-3)16(34-21)13-31-12-14-8-10-15(30-4)11-9-14/h8-11,16-22,26-27H,5-7,12-13H2,1-4H3/t16-,18+,19+,20-,21+,22+/m1/s1. The molecule has 2 heterocycles. The monoisotopic (exact) mass is 513 g/mol. The number of hydrogen-bond donors (Lipinski definition) is 2. The van der Waals surface area contributed by atoms with Crippen molar-refractivity contribution in [3.63, 3.8) is 0 Å². The Bertz CT molecular complexity index is 821. The van der Waals surface area contributed by atoms with Gasteiger partial charge in [0.1, 0.15) is 30.3 Å². The van der Waals surface area contributed by atoms with E-state index in [4.69, 9.17) is 23.7 Å². The third-order valence-electron chi connectivity index (χ3n) is 6.03. The van der Waals surface area contributed by atoms with Gasteiger partial charge >= 0.3 is 11.9 Å². The van der Waals surface area contributed by atoms with E-state index < -0.39 is 53.8 Å². The number of rotatable bonds is 12. The van der Waals surface area contributed by atoms with Gasteiger partial charge in [-0.15, -0.1) is 11.8 Å². The molecule has 0 saturated carbocycles. The number of nitrogens with zero attached hydrogens (tertiary/aromatic N) is 1. The summed E-state index contributed by atoms with van der Waals surface area (Å²) in [6, 6.07) is 6.73. The smallest absolute Gasteiger partial charge is 0.324 e. The summed E-state index contributed by atoms with van der Waals surface area (Å²) in [6.07, 6.45) is -4.02. The van der Waals surface area contributed by atoms with Crippen molar-refractivity contribution in [3.05, 3.63) is 29.8 Å². The van der Waals surface area contributed by atoms with Crippen LogP contribution in [-0.2, 0) is 35.1 Å². The zero-order valence-corrected chi connectivity index (χ0v) is 21.3. The van der Waals surface area contributed by atoms with E-state index in [2.05, 4.69) is 0 Å². The van der Waals surface area contributed by atoms with Crippen LogP contribution < -0.4 is 4.74 Å². The van der Waals surface area contributed by atoms with Crippen LogP contribution in [0.4, 0.5) is 0 Å². The van der Waals surface area contributed by atoms with Gasteiger partial charge in [0.15, 0.2) is 5.92 Å². The number of fused-ring (bicyclic) bond motifs is 1. The zero-order valence-electron chi connectivity index (χ0n) is 20.5. The van der Waals surface area contributed by atoms with Gasteiger partial charge in [0.05, 0.1) is 45.0 Å². The molecular formula is C24H35NO9S. The molecule has 10 nitrogen and oxygen atoms in total. The molecule has 0 spiro atoms. The van der Waals surface area contributed by atoms with Crippen molar-refractivity contribution in [1.82, 2.24) is 4.90 Å². The first-order valence-electron chi connectivity index (χ1n) is 11.8. The van der Waals surface area contributed by atoms with Gasteiger partial charge in [-0.2, -0.15) is 0 Å². The molecule has 0 radical (unpaired) electrons. The third-order valence-corrected chi connectivity index (χ3v) is 7.23. The lowest BCUT2D eigenvalue weighted by Crippen LogP contribution is -2.49. The molecule has 0 aromatic heterocycles. The Morgan fingerprint density at radius 3 is 2.23 bits per heavy atom. The van der Waals surface area contributed by atoms with Gasteiger partial charge in [0.25, 0.3) is 0 Å². The number of carbonyl (C=O) groups excluding carboxylic acids is 2. The second-order valence-electron chi connectivity index (χ2n) is 8.17. The number of benzene rings is 1. The molecule has 2 saturated heterocycles. The van der Waals surface area contributed by atoms with E-state index in [9.17, 15) is 19.8 Å². The molecule has 11 heteroatoms. The number of thioether (sulfide) groups is 1. The van der Waals surface area contributed by atoms with Gasteiger partial charge in [-0.3, -0.25) is 14.5 Å². The van der Waals surface area contributed by atoms with Crippen LogP contribution in [0.5, 0.6) is 5.75 Å². The minimum Gasteiger partial charge on any atom is -0.497 e. The summed E-state index contributed by atoms with van der Waals surface area (Å²) in [7, 11) is 1.59. The predicted octanol–water partition coefficient (Wildman–Crippen LogP) is 1.16. The molecule has 0 aliphatic carbocycles. The fourth-order valence-electron chi connectivity index (χ4n) is 4.50. The summed E-state index contributed by atoms with van der Waals surface area (Å²) < 4.78 is 27.5. The van der Waals surface area contributed by atoms with Crippen molar-refractivity contribution in [2.24, 2.45) is 5.92 Å².